The lowest BCUT2D eigenvalue weighted by atomic mass is 9.83. The minimum absolute atomic E-state index is 0.00967. The van der Waals surface area contributed by atoms with Crippen LogP contribution in [0.1, 0.15) is 103 Å². The molecule has 3 amide bonds. The third-order valence-electron chi connectivity index (χ3n) is 13.0. The van der Waals surface area contributed by atoms with Gasteiger partial charge in [-0.15, -0.1) is 11.3 Å². The fraction of sp³-hybridized carbons (Fsp3) is 0.612. The molecule has 0 spiro atoms. The number of methoxy groups -OCH3 is 2. The van der Waals surface area contributed by atoms with Gasteiger partial charge in [0.15, 0.2) is 5.78 Å². The van der Waals surface area contributed by atoms with Crippen LogP contribution in [0.4, 0.5) is 5.69 Å². The molecule has 4 rings (SSSR count). The highest BCUT2D eigenvalue weighted by atomic mass is 32.1. The Labute approximate surface area is 375 Å². The number of hydrogen-bond acceptors (Lipinski definition) is 10. The third kappa shape index (κ3) is 13.2. The number of ketones is 1. The molecular formula is C49H74N6O6S. The van der Waals surface area contributed by atoms with Crippen molar-refractivity contribution in [2.75, 3.05) is 40.6 Å². The zero-order chi connectivity index (χ0) is 45.7. The summed E-state index contributed by atoms with van der Waals surface area (Å²) in [6, 6.07) is 16.3. The van der Waals surface area contributed by atoms with Crippen LogP contribution in [0.5, 0.6) is 0 Å². The zero-order valence-electron chi connectivity index (χ0n) is 39.1. The van der Waals surface area contributed by atoms with Crippen LogP contribution in [-0.4, -0.2) is 108 Å². The molecule has 2 heterocycles. The molecule has 1 aliphatic rings. The normalized spacial score (nSPS) is 18.2. The average Bonchev–Trinajstić information content (AvgIpc) is 3.96. The largest absolute Gasteiger partial charge is 0.399 e. The SMILES string of the molecule is CC[C@H](C)[C@@H]([C@@H](CC(=O)N1CCC[C@H]1[C@H](OC)[C@@H](C)C(=O)N[C@@H](Cc1ccccc1)c1nccs1)OC)N(C)C(=O)[C@@H](CC(=O)[C@H](C(C)C)N(C)Cc1cccc(N)c1)C(C)C. The number of anilines is 1. The number of rotatable bonds is 24. The highest BCUT2D eigenvalue weighted by Gasteiger charge is 2.43. The van der Waals surface area contributed by atoms with E-state index in [0.29, 0.717) is 31.6 Å². The number of Topliss-reactive ketones (excluding diaryl/α,β-unsaturated/α-hetero) is 1. The van der Waals surface area contributed by atoms with Crippen molar-refractivity contribution in [1.29, 1.82) is 0 Å². The van der Waals surface area contributed by atoms with Crippen LogP contribution in [0.15, 0.2) is 66.2 Å². The number of nitrogen functional groups attached to an aromatic ring is 1. The van der Waals surface area contributed by atoms with Crippen molar-refractivity contribution in [3.63, 3.8) is 0 Å². The summed E-state index contributed by atoms with van der Waals surface area (Å²) in [7, 11) is 6.94. The second kappa shape index (κ2) is 24.0. The fourth-order valence-electron chi connectivity index (χ4n) is 9.48. The molecule has 13 heteroatoms. The van der Waals surface area contributed by atoms with Crippen molar-refractivity contribution in [1.82, 2.24) is 25.0 Å². The first kappa shape index (κ1) is 50.5. The summed E-state index contributed by atoms with van der Waals surface area (Å²) in [6.07, 6.45) is 3.57. The van der Waals surface area contributed by atoms with E-state index in [1.165, 1.54) is 11.3 Å². The van der Waals surface area contributed by atoms with Crippen molar-refractivity contribution < 1.29 is 28.7 Å². The van der Waals surface area contributed by atoms with Gasteiger partial charge in [-0.1, -0.05) is 97.4 Å². The molecule has 1 fully saturated rings. The maximum atomic E-state index is 14.6. The average molecular weight is 875 g/mol. The number of benzene rings is 2. The summed E-state index contributed by atoms with van der Waals surface area (Å²) in [5.74, 6) is -1.58. The summed E-state index contributed by atoms with van der Waals surface area (Å²) >= 11 is 1.51. The minimum Gasteiger partial charge on any atom is -0.399 e. The molecule has 9 atom stereocenters. The van der Waals surface area contributed by atoms with Crippen LogP contribution in [-0.2, 0) is 41.6 Å². The van der Waals surface area contributed by atoms with Crippen LogP contribution in [0.3, 0.4) is 0 Å². The lowest BCUT2D eigenvalue weighted by Gasteiger charge is -2.41. The topological polar surface area (TPSA) is 147 Å². The second-order valence-electron chi connectivity index (χ2n) is 18.1. The zero-order valence-corrected chi connectivity index (χ0v) is 39.9. The van der Waals surface area contributed by atoms with Gasteiger partial charge in [-0.05, 0) is 67.3 Å². The van der Waals surface area contributed by atoms with Gasteiger partial charge in [0, 0.05) is 64.0 Å². The van der Waals surface area contributed by atoms with Crippen LogP contribution in [0.25, 0.3) is 0 Å². The molecule has 0 bridgehead atoms. The lowest BCUT2D eigenvalue weighted by Crippen LogP contribution is -2.54. The summed E-state index contributed by atoms with van der Waals surface area (Å²) in [6.45, 7) is 15.2. The fourth-order valence-corrected chi connectivity index (χ4v) is 10.2. The molecule has 3 N–H and O–H groups in total. The van der Waals surface area contributed by atoms with E-state index < -0.39 is 36.1 Å². The van der Waals surface area contributed by atoms with Crippen molar-refractivity contribution in [2.45, 2.75) is 130 Å². The number of carbonyl (C=O) groups excluding carboxylic acids is 4. The first-order chi connectivity index (χ1) is 29.5. The first-order valence-electron chi connectivity index (χ1n) is 22.4. The Morgan fingerprint density at radius 3 is 2.21 bits per heavy atom. The van der Waals surface area contributed by atoms with Gasteiger partial charge in [-0.3, -0.25) is 24.1 Å². The van der Waals surface area contributed by atoms with E-state index in [1.807, 2.05) is 107 Å². The van der Waals surface area contributed by atoms with Crippen LogP contribution in [0, 0.1) is 29.6 Å². The Morgan fingerprint density at radius 2 is 1.63 bits per heavy atom. The Kier molecular flexibility index (Phi) is 19.6. The van der Waals surface area contributed by atoms with Crippen LogP contribution >= 0.6 is 11.3 Å². The van der Waals surface area contributed by atoms with Gasteiger partial charge in [0.2, 0.25) is 17.7 Å². The number of amides is 3. The number of likely N-dealkylation sites (tertiary alicyclic amines) is 1. The monoisotopic (exact) mass is 875 g/mol. The summed E-state index contributed by atoms with van der Waals surface area (Å²) < 4.78 is 12.2. The van der Waals surface area contributed by atoms with E-state index in [-0.39, 0.29) is 66.2 Å². The maximum absolute atomic E-state index is 14.6. The van der Waals surface area contributed by atoms with E-state index in [4.69, 9.17) is 15.2 Å². The van der Waals surface area contributed by atoms with Crippen molar-refractivity contribution in [2.24, 2.45) is 29.6 Å². The molecule has 62 heavy (non-hydrogen) atoms. The molecule has 2 aromatic carbocycles. The number of aromatic nitrogens is 1. The van der Waals surface area contributed by atoms with Gasteiger partial charge in [0.05, 0.1) is 48.7 Å². The van der Waals surface area contributed by atoms with E-state index in [2.05, 4.69) is 29.0 Å². The number of nitrogens with two attached hydrogens (primary N) is 1. The molecule has 0 aliphatic carbocycles. The van der Waals surface area contributed by atoms with Crippen molar-refractivity contribution >= 4 is 40.5 Å². The number of likely N-dealkylation sites (N-methyl/N-ethyl adjacent to an activating group) is 2. The Hall–Kier alpha value is -4.17. The van der Waals surface area contributed by atoms with Crippen LogP contribution in [0.2, 0.25) is 0 Å². The smallest absolute Gasteiger partial charge is 0.226 e. The molecule has 3 aromatic rings. The number of ether oxygens (including phenoxy) is 2. The number of carbonyl (C=O) groups is 4. The van der Waals surface area contributed by atoms with Crippen molar-refractivity contribution in [3.8, 4) is 0 Å². The Morgan fingerprint density at radius 1 is 0.935 bits per heavy atom. The maximum Gasteiger partial charge on any atom is 0.226 e. The van der Waals surface area contributed by atoms with Gasteiger partial charge >= 0.3 is 0 Å². The summed E-state index contributed by atoms with van der Waals surface area (Å²) in [4.78, 5) is 67.5. The number of hydrogen-bond donors (Lipinski definition) is 2. The minimum atomic E-state index is -0.609. The van der Waals surface area contributed by atoms with E-state index in [1.54, 1.807) is 32.4 Å². The predicted molar refractivity (Wildman–Crippen MR) is 248 cm³/mol. The number of nitrogens with zero attached hydrogens (tertiary/aromatic N) is 4. The molecule has 0 saturated carbocycles. The summed E-state index contributed by atoms with van der Waals surface area (Å²) in [5, 5.41) is 5.98. The molecule has 1 saturated heterocycles. The molecule has 0 unspecified atom stereocenters. The predicted octanol–water partition coefficient (Wildman–Crippen LogP) is 7.43. The molecule has 1 aliphatic heterocycles. The third-order valence-corrected chi connectivity index (χ3v) is 13.9. The second-order valence-corrected chi connectivity index (χ2v) is 19.0. The first-order valence-corrected chi connectivity index (χ1v) is 23.3. The van der Waals surface area contributed by atoms with Gasteiger partial charge < -0.3 is 30.3 Å². The van der Waals surface area contributed by atoms with Gasteiger partial charge in [-0.2, -0.15) is 0 Å². The van der Waals surface area contributed by atoms with Gasteiger partial charge in [0.1, 0.15) is 5.01 Å². The molecular weight excluding hydrogens is 801 g/mol. The molecule has 0 radical (unpaired) electrons. The highest BCUT2D eigenvalue weighted by Crippen LogP contribution is 2.32. The molecule has 12 nitrogen and oxygen atoms in total. The Bertz CT molecular complexity index is 1860. The van der Waals surface area contributed by atoms with Gasteiger partial charge in [-0.25, -0.2) is 4.98 Å². The van der Waals surface area contributed by atoms with Crippen molar-refractivity contribution in [3.05, 3.63) is 82.3 Å². The lowest BCUT2D eigenvalue weighted by molar-refractivity contribution is -0.149. The molecule has 342 valence electrons. The van der Waals surface area contributed by atoms with Gasteiger partial charge in [0.25, 0.3) is 0 Å². The van der Waals surface area contributed by atoms with E-state index >= 15 is 0 Å². The Balaban J connectivity index is 1.48. The quantitative estimate of drug-likeness (QED) is 0.0878. The van der Waals surface area contributed by atoms with E-state index in [9.17, 15) is 19.2 Å². The standard InChI is InChI=1S/C49H74N6O6S/c1-12-33(6)45(54(9)49(59)38(31(2)3)28-41(56)44(32(4)5)53(8)30-36-20-16-21-37(50)26-36)42(60-10)29-43(57)55-24-17-22-40(55)46(61-11)34(7)47(58)52-39(48-51-23-25-62-48)27-35-18-14-13-15-19-35/h13-16,18-21,23,25-26,31-34,38-40,42,44-46H,12,17,22,24,27-30,50H2,1-11H3,(H,52,58)/t33-,34+,38-,39-,40-,42+,44-,45-,46+/m0/s1. The van der Waals surface area contributed by atoms with E-state index in [0.717, 1.165) is 29.0 Å². The summed E-state index contributed by atoms with van der Waals surface area (Å²) in [5.41, 5.74) is 8.83. The number of thiazole rings is 1. The number of nitrogens with one attached hydrogen (secondary N) is 1. The molecule has 1 aromatic heterocycles. The van der Waals surface area contributed by atoms with Crippen LogP contribution < -0.4 is 11.1 Å². The highest BCUT2D eigenvalue weighted by molar-refractivity contribution is 7.09.